The first-order chi connectivity index (χ1) is 11.5. The zero-order valence-corrected chi connectivity index (χ0v) is 15.1. The van der Waals surface area contributed by atoms with Crippen molar-refractivity contribution >= 4 is 49.4 Å². The predicted octanol–water partition coefficient (Wildman–Crippen LogP) is 2.63. The Labute approximate surface area is 147 Å². The lowest BCUT2D eigenvalue weighted by Gasteiger charge is -2.12. The molecule has 0 spiro atoms. The minimum absolute atomic E-state index is 0.0735. The monoisotopic (exact) mass is 362 g/mol. The highest BCUT2D eigenvalue weighted by Gasteiger charge is 2.17. The summed E-state index contributed by atoms with van der Waals surface area (Å²) in [6.07, 6.45) is 2.57. The first-order valence-corrected chi connectivity index (χ1v) is 9.46. The number of carbonyl (C=O) groups excluding carboxylic acids is 1. The summed E-state index contributed by atoms with van der Waals surface area (Å²) in [5.74, 6) is 0.132. The van der Waals surface area contributed by atoms with Crippen LogP contribution in [0.4, 0.5) is 0 Å². The predicted molar refractivity (Wildman–Crippen MR) is 98.6 cm³/mol. The summed E-state index contributed by atoms with van der Waals surface area (Å²) in [7, 11) is 0. The highest BCUT2D eigenvalue weighted by molar-refractivity contribution is 7.99. The van der Waals surface area contributed by atoms with Gasteiger partial charge in [0, 0.05) is 18.1 Å². The van der Waals surface area contributed by atoms with Gasteiger partial charge < -0.3 is 5.73 Å². The van der Waals surface area contributed by atoms with Gasteiger partial charge in [0.2, 0.25) is 5.91 Å². The summed E-state index contributed by atoms with van der Waals surface area (Å²) in [5.41, 5.74) is 5.83. The second-order valence-electron chi connectivity index (χ2n) is 5.92. The maximum Gasteiger partial charge on any atom is 0.272 e. The van der Waals surface area contributed by atoms with E-state index in [0.29, 0.717) is 27.8 Å². The molecule has 0 aliphatic carbocycles. The number of hydrogen-bond donors (Lipinski definition) is 1. The van der Waals surface area contributed by atoms with Gasteiger partial charge in [0.15, 0.2) is 5.16 Å². The van der Waals surface area contributed by atoms with Crippen molar-refractivity contribution in [2.45, 2.75) is 32.0 Å². The number of primary amides is 1. The molecule has 0 saturated carbocycles. The van der Waals surface area contributed by atoms with Crippen molar-refractivity contribution in [2.75, 3.05) is 5.75 Å². The minimum Gasteiger partial charge on any atom is -0.369 e. The minimum atomic E-state index is -0.429. The van der Waals surface area contributed by atoms with E-state index in [2.05, 4.69) is 23.8 Å². The topological polar surface area (TPSA) is 90.9 Å². The van der Waals surface area contributed by atoms with Crippen LogP contribution in [-0.4, -0.2) is 26.2 Å². The fraction of sp³-hybridized carbons (Fsp3) is 0.375. The third kappa shape index (κ3) is 3.29. The lowest BCUT2D eigenvalue weighted by atomic mass is 10.1. The average molecular weight is 362 g/mol. The molecule has 1 amide bonds. The van der Waals surface area contributed by atoms with Crippen molar-refractivity contribution < 1.29 is 4.79 Å². The molecule has 0 aliphatic rings. The molecule has 0 radical (unpaired) electrons. The van der Waals surface area contributed by atoms with Crippen molar-refractivity contribution in [1.82, 2.24) is 14.5 Å². The third-order valence-electron chi connectivity index (χ3n) is 3.59. The first kappa shape index (κ1) is 16.9. The number of fused-ring (bicyclic) bond motifs is 3. The van der Waals surface area contributed by atoms with Crippen molar-refractivity contribution in [3.05, 3.63) is 28.7 Å². The number of amides is 1. The molecule has 0 unspecified atom stereocenters. The van der Waals surface area contributed by atoms with Crippen molar-refractivity contribution in [2.24, 2.45) is 11.7 Å². The molecular formula is C16H18N4O2S2. The van der Waals surface area contributed by atoms with Gasteiger partial charge in [-0.3, -0.25) is 14.2 Å². The van der Waals surface area contributed by atoms with Crippen LogP contribution in [0.2, 0.25) is 0 Å². The van der Waals surface area contributed by atoms with Gasteiger partial charge >= 0.3 is 0 Å². The van der Waals surface area contributed by atoms with Crippen LogP contribution in [0.25, 0.3) is 20.4 Å². The van der Waals surface area contributed by atoms with Crippen LogP contribution in [0.5, 0.6) is 0 Å². The van der Waals surface area contributed by atoms with Crippen molar-refractivity contribution in [3.63, 3.8) is 0 Å². The molecule has 3 aromatic heterocycles. The summed E-state index contributed by atoms with van der Waals surface area (Å²) in [5, 5.41) is 1.40. The summed E-state index contributed by atoms with van der Waals surface area (Å²) >= 11 is 2.57. The number of thiophene rings is 1. The highest BCUT2D eigenvalue weighted by Crippen LogP contribution is 2.30. The van der Waals surface area contributed by atoms with E-state index in [9.17, 15) is 9.59 Å². The molecular weight excluding hydrogens is 344 g/mol. The number of aromatic nitrogens is 3. The highest BCUT2D eigenvalue weighted by atomic mass is 32.2. The number of pyridine rings is 1. The van der Waals surface area contributed by atoms with Gasteiger partial charge in [-0.25, -0.2) is 9.97 Å². The first-order valence-electron chi connectivity index (χ1n) is 7.66. The molecule has 0 atom stereocenters. The molecule has 0 saturated heterocycles. The van der Waals surface area contributed by atoms with Crippen molar-refractivity contribution in [1.29, 1.82) is 0 Å². The Balaban J connectivity index is 2.19. The van der Waals surface area contributed by atoms with Gasteiger partial charge in [0.1, 0.15) is 9.53 Å². The Kier molecular flexibility index (Phi) is 4.86. The lowest BCUT2D eigenvalue weighted by molar-refractivity contribution is -0.115. The van der Waals surface area contributed by atoms with E-state index in [1.807, 2.05) is 12.1 Å². The zero-order valence-electron chi connectivity index (χ0n) is 13.5. The number of nitrogens with two attached hydrogens (primary N) is 1. The lowest BCUT2D eigenvalue weighted by Crippen LogP contribution is -2.24. The molecule has 2 N–H and O–H groups in total. The van der Waals surface area contributed by atoms with E-state index in [-0.39, 0.29) is 11.3 Å². The normalized spacial score (nSPS) is 11.6. The quantitative estimate of drug-likeness (QED) is 0.538. The van der Waals surface area contributed by atoms with E-state index < -0.39 is 5.91 Å². The standard InChI is InChI=1S/C16H18N4O2S2/c1-9(2)5-7-20-15(22)13-12(19-16(20)23-8-11(17)21)10-4-3-6-18-14(10)24-13/h3-4,6,9H,5,7-8H2,1-2H3,(H2,17,21). The largest absolute Gasteiger partial charge is 0.369 e. The molecule has 3 heterocycles. The molecule has 8 heteroatoms. The van der Waals surface area contributed by atoms with Crippen LogP contribution >= 0.6 is 23.1 Å². The van der Waals surface area contributed by atoms with Crippen LogP contribution in [0.3, 0.4) is 0 Å². The summed E-state index contributed by atoms with van der Waals surface area (Å²) < 4.78 is 2.27. The Morgan fingerprint density at radius 3 is 2.96 bits per heavy atom. The van der Waals surface area contributed by atoms with Gasteiger partial charge in [-0.15, -0.1) is 11.3 Å². The zero-order chi connectivity index (χ0) is 17.3. The Morgan fingerprint density at radius 2 is 2.25 bits per heavy atom. The molecule has 0 aliphatic heterocycles. The summed E-state index contributed by atoms with van der Waals surface area (Å²) in [6.45, 7) is 4.79. The molecule has 3 aromatic rings. The Bertz CT molecular complexity index is 962. The van der Waals surface area contributed by atoms with Gasteiger partial charge in [0.25, 0.3) is 5.56 Å². The molecule has 6 nitrogen and oxygen atoms in total. The van der Waals surface area contributed by atoms with E-state index in [0.717, 1.165) is 16.6 Å². The second-order valence-corrected chi connectivity index (χ2v) is 7.87. The number of nitrogens with zero attached hydrogens (tertiary/aromatic N) is 3. The average Bonchev–Trinajstić information content (AvgIpc) is 2.91. The molecule has 126 valence electrons. The van der Waals surface area contributed by atoms with Gasteiger partial charge in [-0.2, -0.15) is 0 Å². The molecule has 3 rings (SSSR count). The van der Waals surface area contributed by atoms with E-state index in [1.54, 1.807) is 10.8 Å². The smallest absolute Gasteiger partial charge is 0.272 e. The molecule has 0 fully saturated rings. The van der Waals surface area contributed by atoms with Crippen LogP contribution in [0.1, 0.15) is 20.3 Å². The van der Waals surface area contributed by atoms with Gasteiger partial charge in [0.05, 0.1) is 11.3 Å². The van der Waals surface area contributed by atoms with E-state index >= 15 is 0 Å². The number of rotatable bonds is 6. The number of hydrogen-bond acceptors (Lipinski definition) is 6. The maximum atomic E-state index is 13.0. The molecule has 24 heavy (non-hydrogen) atoms. The van der Waals surface area contributed by atoms with Crippen LogP contribution in [-0.2, 0) is 11.3 Å². The SMILES string of the molecule is CC(C)CCn1c(SCC(N)=O)nc2c(sc3ncccc32)c1=O. The number of carbonyl (C=O) groups is 1. The van der Waals surface area contributed by atoms with Crippen LogP contribution in [0, 0.1) is 5.92 Å². The van der Waals surface area contributed by atoms with Crippen molar-refractivity contribution in [3.8, 4) is 0 Å². The number of thioether (sulfide) groups is 1. The van der Waals surface area contributed by atoms with Gasteiger partial charge in [-0.05, 0) is 24.5 Å². The van der Waals surface area contributed by atoms with E-state index in [4.69, 9.17) is 5.73 Å². The molecule has 0 aromatic carbocycles. The van der Waals surface area contributed by atoms with Crippen LogP contribution in [0.15, 0.2) is 28.3 Å². The van der Waals surface area contributed by atoms with Gasteiger partial charge in [-0.1, -0.05) is 25.6 Å². The third-order valence-corrected chi connectivity index (χ3v) is 5.68. The Morgan fingerprint density at radius 1 is 1.46 bits per heavy atom. The summed E-state index contributed by atoms with van der Waals surface area (Å²) in [6, 6.07) is 3.74. The Hall–Kier alpha value is -1.93. The summed E-state index contributed by atoms with van der Waals surface area (Å²) in [4.78, 5) is 33.9. The maximum absolute atomic E-state index is 13.0. The van der Waals surface area contributed by atoms with E-state index in [1.165, 1.54) is 23.1 Å². The van der Waals surface area contributed by atoms with Crippen LogP contribution < -0.4 is 11.3 Å². The second kappa shape index (κ2) is 6.90. The fourth-order valence-corrected chi connectivity index (χ4v) is 4.16. The fourth-order valence-electron chi connectivity index (χ4n) is 2.37. The molecule has 0 bridgehead atoms.